The SMILES string of the molecule is CCOC(=O)C1CCN(CC[C@@H]2C[C@H](F)CN2C(=O)Cc2cc(CI)c(NC(=O)c3cn(C)c4ccccc34)cc2F)CC1. The van der Waals surface area contributed by atoms with Crippen molar-refractivity contribution in [3.63, 3.8) is 0 Å². The number of nitrogens with one attached hydrogen (secondary N) is 1. The van der Waals surface area contributed by atoms with Crippen LogP contribution in [-0.2, 0) is 32.2 Å². The normalized spacial score (nSPS) is 19.4. The lowest BCUT2D eigenvalue weighted by molar-refractivity contribution is -0.149. The van der Waals surface area contributed by atoms with E-state index < -0.39 is 12.0 Å². The monoisotopic (exact) mass is 720 g/mol. The number of esters is 1. The first kappa shape index (κ1) is 32.3. The molecule has 2 aliphatic heterocycles. The average molecular weight is 721 g/mol. The molecule has 2 aromatic carbocycles. The van der Waals surface area contributed by atoms with Crippen molar-refractivity contribution in [1.29, 1.82) is 0 Å². The zero-order chi connectivity index (χ0) is 31.4. The van der Waals surface area contributed by atoms with Gasteiger partial charge in [0, 0.05) is 53.3 Å². The largest absolute Gasteiger partial charge is 0.466 e. The van der Waals surface area contributed by atoms with Gasteiger partial charge in [0.2, 0.25) is 5.91 Å². The summed E-state index contributed by atoms with van der Waals surface area (Å²) in [5, 5.41) is 3.67. The van der Waals surface area contributed by atoms with Gasteiger partial charge in [-0.2, -0.15) is 0 Å². The lowest BCUT2D eigenvalue weighted by atomic mass is 9.96. The molecule has 2 fully saturated rings. The third kappa shape index (κ3) is 7.25. The number of nitrogens with zero attached hydrogens (tertiary/aromatic N) is 3. The first-order chi connectivity index (χ1) is 21.2. The van der Waals surface area contributed by atoms with E-state index in [9.17, 15) is 18.8 Å². The number of alkyl halides is 2. The number of halogens is 3. The predicted octanol–water partition coefficient (Wildman–Crippen LogP) is 5.65. The minimum atomic E-state index is -1.11. The van der Waals surface area contributed by atoms with Crippen LogP contribution in [0.15, 0.2) is 42.6 Å². The van der Waals surface area contributed by atoms with E-state index in [1.165, 1.54) is 6.07 Å². The number of likely N-dealkylation sites (tertiary alicyclic amines) is 2. The minimum Gasteiger partial charge on any atom is -0.466 e. The number of hydrogen-bond donors (Lipinski definition) is 1. The second-order valence-corrected chi connectivity index (χ2v) is 12.5. The summed E-state index contributed by atoms with van der Waals surface area (Å²) in [5.74, 6) is -1.45. The number of anilines is 1. The Morgan fingerprint density at radius 3 is 2.59 bits per heavy atom. The van der Waals surface area contributed by atoms with Gasteiger partial charge in [0.1, 0.15) is 12.0 Å². The second kappa shape index (κ2) is 14.4. The standard InChI is InChI=1S/C33H39F2IN4O4/c1-3-44-33(43)21-8-11-39(12-9-21)13-10-25-16-24(34)19-40(25)31(41)15-22-14-23(18-36)29(17-28(22)35)37-32(42)27-20-38(2)30-7-5-4-6-26(27)30/h4-7,14,17,20-21,24-25H,3,8-13,15-16,18-19H2,1-2H3,(H,37,42)/t24-,25+/m0/s1. The van der Waals surface area contributed by atoms with Gasteiger partial charge < -0.3 is 24.4 Å². The minimum absolute atomic E-state index is 0.00830. The van der Waals surface area contributed by atoms with Crippen molar-refractivity contribution in [2.75, 3.05) is 38.1 Å². The summed E-state index contributed by atoms with van der Waals surface area (Å²) >= 11 is 2.15. The average Bonchev–Trinajstić information content (AvgIpc) is 3.57. The number of aromatic nitrogens is 1. The molecular formula is C33H39F2IN4O4. The van der Waals surface area contributed by atoms with E-state index in [1.54, 1.807) is 24.1 Å². The Kier molecular flexibility index (Phi) is 10.6. The summed E-state index contributed by atoms with van der Waals surface area (Å²) < 4.78 is 37.4. The van der Waals surface area contributed by atoms with Gasteiger partial charge in [-0.15, -0.1) is 0 Å². The van der Waals surface area contributed by atoms with E-state index in [4.69, 9.17) is 4.74 Å². The fourth-order valence-electron chi connectivity index (χ4n) is 6.43. The maximum absolute atomic E-state index is 15.4. The number of hydrogen-bond acceptors (Lipinski definition) is 5. The number of carbonyl (C=O) groups excluding carboxylic acids is 3. The lowest BCUT2D eigenvalue weighted by Crippen LogP contribution is -2.41. The van der Waals surface area contributed by atoms with Crippen LogP contribution in [0.3, 0.4) is 0 Å². The molecule has 2 atom stereocenters. The number of piperidine rings is 1. The van der Waals surface area contributed by atoms with Gasteiger partial charge in [-0.05, 0) is 68.6 Å². The highest BCUT2D eigenvalue weighted by Gasteiger charge is 2.36. The topological polar surface area (TPSA) is 83.9 Å². The van der Waals surface area contributed by atoms with Crippen LogP contribution in [0.5, 0.6) is 0 Å². The number of ether oxygens (including phenoxy) is 1. The molecule has 1 aromatic heterocycles. The summed E-state index contributed by atoms with van der Waals surface area (Å²) in [6.07, 6.45) is 2.82. The number of benzene rings is 2. The molecule has 8 nitrogen and oxygen atoms in total. The molecule has 5 rings (SSSR count). The number of para-hydroxylation sites is 1. The summed E-state index contributed by atoms with van der Waals surface area (Å²) in [4.78, 5) is 42.4. The second-order valence-electron chi connectivity index (χ2n) is 11.7. The van der Waals surface area contributed by atoms with Gasteiger partial charge in [-0.1, -0.05) is 40.8 Å². The maximum Gasteiger partial charge on any atom is 0.309 e. The van der Waals surface area contributed by atoms with E-state index in [0.29, 0.717) is 40.8 Å². The molecule has 2 amide bonds. The van der Waals surface area contributed by atoms with Crippen LogP contribution in [0.25, 0.3) is 10.9 Å². The van der Waals surface area contributed by atoms with Gasteiger partial charge in [0.25, 0.3) is 5.91 Å². The molecule has 236 valence electrons. The number of amides is 2. The first-order valence-corrected chi connectivity index (χ1v) is 16.8. The van der Waals surface area contributed by atoms with Gasteiger partial charge in [-0.3, -0.25) is 14.4 Å². The van der Waals surface area contributed by atoms with Crippen molar-refractivity contribution < 1.29 is 27.9 Å². The Balaban J connectivity index is 1.21. The van der Waals surface area contributed by atoms with E-state index in [0.717, 1.165) is 36.8 Å². The van der Waals surface area contributed by atoms with Gasteiger partial charge in [0.15, 0.2) is 0 Å². The summed E-state index contributed by atoms with van der Waals surface area (Å²) in [5.41, 5.74) is 2.70. The Hall–Kier alpha value is -3.06. The smallest absolute Gasteiger partial charge is 0.309 e. The van der Waals surface area contributed by atoms with E-state index in [-0.39, 0.29) is 54.7 Å². The molecule has 3 aromatic rings. The summed E-state index contributed by atoms with van der Waals surface area (Å²) in [6.45, 7) is 4.42. The van der Waals surface area contributed by atoms with Crippen molar-refractivity contribution in [3.8, 4) is 0 Å². The number of rotatable bonds is 10. The van der Waals surface area contributed by atoms with E-state index in [2.05, 4.69) is 32.8 Å². The first-order valence-electron chi connectivity index (χ1n) is 15.2. The third-order valence-electron chi connectivity index (χ3n) is 8.82. The Morgan fingerprint density at radius 2 is 1.86 bits per heavy atom. The molecule has 11 heteroatoms. The summed E-state index contributed by atoms with van der Waals surface area (Å²) in [7, 11) is 1.87. The number of carbonyl (C=O) groups is 3. The predicted molar refractivity (Wildman–Crippen MR) is 174 cm³/mol. The van der Waals surface area contributed by atoms with Crippen LogP contribution < -0.4 is 5.32 Å². The van der Waals surface area contributed by atoms with E-state index in [1.807, 2.05) is 35.9 Å². The number of aryl methyl sites for hydroxylation is 1. The molecular weight excluding hydrogens is 681 g/mol. The van der Waals surface area contributed by atoms with Crippen molar-refractivity contribution in [3.05, 3.63) is 65.1 Å². The maximum atomic E-state index is 15.4. The lowest BCUT2D eigenvalue weighted by Gasteiger charge is -2.32. The molecule has 0 bridgehead atoms. The van der Waals surface area contributed by atoms with Crippen molar-refractivity contribution >= 4 is 57.0 Å². The van der Waals surface area contributed by atoms with Crippen LogP contribution in [0.4, 0.5) is 14.5 Å². The van der Waals surface area contributed by atoms with E-state index >= 15 is 4.39 Å². The van der Waals surface area contributed by atoms with Crippen molar-refractivity contribution in [2.45, 2.75) is 55.7 Å². The quantitative estimate of drug-likeness (QED) is 0.166. The molecule has 44 heavy (non-hydrogen) atoms. The molecule has 0 spiro atoms. The molecule has 0 radical (unpaired) electrons. The Morgan fingerprint density at radius 1 is 1.11 bits per heavy atom. The van der Waals surface area contributed by atoms with Crippen molar-refractivity contribution in [1.82, 2.24) is 14.4 Å². The van der Waals surface area contributed by atoms with Crippen LogP contribution in [0, 0.1) is 11.7 Å². The van der Waals surface area contributed by atoms with Crippen LogP contribution in [0.2, 0.25) is 0 Å². The van der Waals surface area contributed by atoms with Crippen LogP contribution in [0.1, 0.15) is 54.1 Å². The fraction of sp³-hybridized carbons (Fsp3) is 0.485. The molecule has 0 unspecified atom stereocenters. The van der Waals surface area contributed by atoms with Gasteiger partial charge in [-0.25, -0.2) is 8.78 Å². The Bertz CT molecular complexity index is 1520. The highest BCUT2D eigenvalue weighted by molar-refractivity contribution is 14.1. The molecule has 2 saturated heterocycles. The summed E-state index contributed by atoms with van der Waals surface area (Å²) in [6, 6.07) is 10.2. The molecule has 1 N–H and O–H groups in total. The highest BCUT2D eigenvalue weighted by Crippen LogP contribution is 2.29. The number of fused-ring (bicyclic) bond motifs is 1. The zero-order valence-corrected chi connectivity index (χ0v) is 27.3. The van der Waals surface area contributed by atoms with Crippen LogP contribution >= 0.6 is 22.6 Å². The molecule has 3 heterocycles. The fourth-order valence-corrected chi connectivity index (χ4v) is 7.06. The zero-order valence-electron chi connectivity index (χ0n) is 25.2. The molecule has 0 saturated carbocycles. The van der Waals surface area contributed by atoms with Crippen molar-refractivity contribution in [2.24, 2.45) is 13.0 Å². The molecule has 0 aliphatic carbocycles. The van der Waals surface area contributed by atoms with Crippen LogP contribution in [-0.4, -0.2) is 77.2 Å². The highest BCUT2D eigenvalue weighted by atomic mass is 127. The van der Waals surface area contributed by atoms with Gasteiger partial charge >= 0.3 is 5.97 Å². The molecule has 2 aliphatic rings. The van der Waals surface area contributed by atoms with Gasteiger partial charge in [0.05, 0.1) is 31.1 Å². The Labute approximate surface area is 270 Å². The third-order valence-corrected chi connectivity index (χ3v) is 9.64.